The van der Waals surface area contributed by atoms with Gasteiger partial charge in [-0.05, 0) is 77.1 Å². The molecular weight excluding hydrogens is 507 g/mol. The van der Waals surface area contributed by atoms with Crippen molar-refractivity contribution in [2.45, 2.75) is 64.5 Å². The molecule has 2 aliphatic heterocycles. The summed E-state index contributed by atoms with van der Waals surface area (Å²) in [5.74, 6) is -1.21. The molecule has 2 saturated heterocycles. The highest BCUT2D eigenvalue weighted by molar-refractivity contribution is 5.92. The molecule has 1 spiro atoms. The molecule has 40 heavy (non-hydrogen) atoms. The van der Waals surface area contributed by atoms with Crippen LogP contribution in [0.5, 0.6) is 0 Å². The number of benzene rings is 3. The van der Waals surface area contributed by atoms with Crippen LogP contribution in [0.15, 0.2) is 60.7 Å². The van der Waals surface area contributed by atoms with E-state index in [0.29, 0.717) is 12.2 Å². The molecule has 3 aromatic carbocycles. The summed E-state index contributed by atoms with van der Waals surface area (Å²) in [4.78, 5) is 28.0. The number of aryl methyl sites for hydroxylation is 2. The van der Waals surface area contributed by atoms with E-state index in [1.165, 1.54) is 34.4 Å². The highest BCUT2D eigenvalue weighted by Gasteiger charge is 2.47. The van der Waals surface area contributed by atoms with Crippen LogP contribution in [0.4, 0.5) is 14.9 Å². The van der Waals surface area contributed by atoms with Crippen LogP contribution in [0.1, 0.15) is 66.6 Å². The minimum Gasteiger partial charge on any atom is -0.478 e. The molecule has 2 aliphatic rings. The summed E-state index contributed by atoms with van der Waals surface area (Å²) in [7, 11) is 0. The van der Waals surface area contributed by atoms with Crippen LogP contribution >= 0.6 is 0 Å². The van der Waals surface area contributed by atoms with Gasteiger partial charge in [0.25, 0.3) is 0 Å². The van der Waals surface area contributed by atoms with Crippen molar-refractivity contribution in [1.29, 1.82) is 0 Å². The minimum absolute atomic E-state index is 0.189. The summed E-state index contributed by atoms with van der Waals surface area (Å²) in [6.07, 6.45) is 5.15. The Bertz CT molecular complexity index is 1340. The van der Waals surface area contributed by atoms with Gasteiger partial charge in [-0.15, -0.1) is 0 Å². The van der Waals surface area contributed by atoms with E-state index in [4.69, 9.17) is 9.84 Å². The molecule has 6 nitrogen and oxygen atoms in total. The fourth-order valence-corrected chi connectivity index (χ4v) is 6.09. The van der Waals surface area contributed by atoms with Gasteiger partial charge >= 0.3 is 12.1 Å². The quantitative estimate of drug-likeness (QED) is 0.312. The third-order valence-electron chi connectivity index (χ3n) is 8.10. The van der Waals surface area contributed by atoms with E-state index in [2.05, 4.69) is 30.9 Å². The van der Waals surface area contributed by atoms with Crippen molar-refractivity contribution in [1.82, 2.24) is 4.90 Å². The van der Waals surface area contributed by atoms with E-state index in [1.54, 1.807) is 29.2 Å². The third kappa shape index (κ3) is 5.89. The second kappa shape index (κ2) is 11.8. The molecule has 210 valence electrons. The van der Waals surface area contributed by atoms with Crippen molar-refractivity contribution < 1.29 is 23.8 Å². The van der Waals surface area contributed by atoms with Crippen LogP contribution < -0.4 is 4.90 Å². The third-order valence-corrected chi connectivity index (χ3v) is 8.10. The molecule has 0 aromatic heterocycles. The number of hydrogen-bond acceptors (Lipinski definition) is 4. The summed E-state index contributed by atoms with van der Waals surface area (Å²) in [5.41, 5.74) is 6.57. The van der Waals surface area contributed by atoms with Crippen molar-refractivity contribution >= 4 is 17.7 Å². The number of carbonyl (C=O) groups excluding carboxylic acids is 1. The van der Waals surface area contributed by atoms with Crippen molar-refractivity contribution in [3.63, 3.8) is 0 Å². The molecule has 5 rings (SSSR count). The van der Waals surface area contributed by atoms with Gasteiger partial charge in [0.05, 0.1) is 12.1 Å². The topological polar surface area (TPSA) is 70.1 Å². The van der Waals surface area contributed by atoms with Gasteiger partial charge in [0, 0.05) is 38.2 Å². The minimum atomic E-state index is -0.992. The average Bonchev–Trinajstić information content (AvgIpc) is 3.26. The van der Waals surface area contributed by atoms with Gasteiger partial charge in [-0.25, -0.2) is 14.0 Å². The number of halogens is 1. The smallest absolute Gasteiger partial charge is 0.415 e. The molecule has 0 atom stereocenters. The first-order chi connectivity index (χ1) is 19.3. The fourth-order valence-electron chi connectivity index (χ4n) is 6.09. The van der Waals surface area contributed by atoms with Gasteiger partial charge in [-0.2, -0.15) is 0 Å². The zero-order valence-electron chi connectivity index (χ0n) is 23.3. The van der Waals surface area contributed by atoms with Crippen LogP contribution in [-0.2, 0) is 24.1 Å². The van der Waals surface area contributed by atoms with Gasteiger partial charge < -0.3 is 9.84 Å². The van der Waals surface area contributed by atoms with Gasteiger partial charge in [-0.3, -0.25) is 9.80 Å². The molecule has 0 bridgehead atoms. The van der Waals surface area contributed by atoms with Crippen LogP contribution in [0.2, 0.25) is 0 Å². The Morgan fingerprint density at radius 2 is 1.55 bits per heavy atom. The second-order valence-electron chi connectivity index (χ2n) is 11.1. The number of piperidine rings is 1. The summed E-state index contributed by atoms with van der Waals surface area (Å²) in [5, 5.41) is 9.16. The Kier molecular flexibility index (Phi) is 8.22. The van der Waals surface area contributed by atoms with Crippen molar-refractivity contribution in [2.75, 3.05) is 24.5 Å². The number of hydrogen-bond donors (Lipinski definition) is 1. The molecule has 0 unspecified atom stereocenters. The molecule has 0 radical (unpaired) electrons. The molecule has 7 heteroatoms. The summed E-state index contributed by atoms with van der Waals surface area (Å²) in [6.45, 7) is 7.34. The highest BCUT2D eigenvalue weighted by atomic mass is 19.1. The van der Waals surface area contributed by atoms with E-state index in [0.717, 1.165) is 63.7 Å². The predicted molar refractivity (Wildman–Crippen MR) is 154 cm³/mol. The van der Waals surface area contributed by atoms with Crippen molar-refractivity contribution in [3.8, 4) is 11.1 Å². The first-order valence-corrected chi connectivity index (χ1v) is 14.3. The number of carboxylic acid groups (broad SMARTS) is 1. The second-order valence-corrected chi connectivity index (χ2v) is 11.1. The van der Waals surface area contributed by atoms with Crippen molar-refractivity contribution in [3.05, 3.63) is 88.7 Å². The van der Waals surface area contributed by atoms with Gasteiger partial charge in [0.2, 0.25) is 0 Å². The Hall–Kier alpha value is -3.71. The van der Waals surface area contributed by atoms with E-state index in [-0.39, 0.29) is 17.5 Å². The number of ether oxygens (including phenoxy) is 1. The summed E-state index contributed by atoms with van der Waals surface area (Å²) in [6, 6.07) is 17.9. The number of nitrogens with zero attached hydrogens (tertiary/aromatic N) is 2. The monoisotopic (exact) mass is 544 g/mol. The molecule has 1 N–H and O–H groups in total. The molecule has 3 aromatic rings. The normalized spacial score (nSPS) is 16.9. The van der Waals surface area contributed by atoms with Crippen LogP contribution in [0.3, 0.4) is 0 Å². The molecule has 1 amide bonds. The highest BCUT2D eigenvalue weighted by Crippen LogP contribution is 2.37. The van der Waals surface area contributed by atoms with Crippen LogP contribution in [0, 0.1) is 5.82 Å². The summed E-state index contributed by atoms with van der Waals surface area (Å²) < 4.78 is 19.6. The Morgan fingerprint density at radius 3 is 2.10 bits per heavy atom. The SMILES string of the molecule is CCCc1cc(CN2CCC3(CC2)CN(c2ccc(C(=O)O)cc2)C(=O)O3)cc(CCC)c1-c1ccc(F)cc1. The zero-order valence-corrected chi connectivity index (χ0v) is 23.3. The largest absolute Gasteiger partial charge is 0.478 e. The van der Waals surface area contributed by atoms with Gasteiger partial charge in [0.15, 0.2) is 0 Å². The molecule has 2 heterocycles. The van der Waals surface area contributed by atoms with E-state index >= 15 is 0 Å². The number of anilines is 1. The van der Waals surface area contributed by atoms with E-state index < -0.39 is 11.6 Å². The van der Waals surface area contributed by atoms with E-state index in [1.807, 2.05) is 12.1 Å². The lowest BCUT2D eigenvalue weighted by Crippen LogP contribution is -2.46. The number of aromatic carboxylic acids is 1. The molecular formula is C33H37FN2O4. The van der Waals surface area contributed by atoms with Crippen LogP contribution in [-0.4, -0.2) is 47.3 Å². The zero-order chi connectivity index (χ0) is 28.3. The Labute approximate surface area is 235 Å². The van der Waals surface area contributed by atoms with Crippen LogP contribution in [0.25, 0.3) is 11.1 Å². The summed E-state index contributed by atoms with van der Waals surface area (Å²) >= 11 is 0. The lowest BCUT2D eigenvalue weighted by Gasteiger charge is -2.37. The molecule has 0 saturated carbocycles. The standard InChI is InChI=1S/C33H37FN2O4/c1-3-5-26-19-23(20-27(6-4-2)30(26)24-7-11-28(34)12-8-24)21-35-17-15-33(16-18-35)22-36(32(39)40-33)29-13-9-25(10-14-29)31(37)38/h7-14,19-20H,3-6,15-18,21-22H2,1-2H3,(H,37,38). The average molecular weight is 545 g/mol. The number of rotatable bonds is 9. The maximum atomic E-state index is 13.6. The Balaban J connectivity index is 1.29. The number of amides is 1. The van der Waals surface area contributed by atoms with Gasteiger partial charge in [-0.1, -0.05) is 51.0 Å². The maximum Gasteiger partial charge on any atom is 0.415 e. The maximum absolute atomic E-state index is 13.6. The lowest BCUT2D eigenvalue weighted by atomic mass is 9.87. The first-order valence-electron chi connectivity index (χ1n) is 14.3. The lowest BCUT2D eigenvalue weighted by molar-refractivity contribution is -0.000989. The molecule has 0 aliphatic carbocycles. The number of carboxylic acids is 1. The van der Waals surface area contributed by atoms with E-state index in [9.17, 15) is 14.0 Å². The fraction of sp³-hybridized carbons (Fsp3) is 0.394. The predicted octanol–water partition coefficient (Wildman–Crippen LogP) is 7.09. The number of likely N-dealkylation sites (tertiary alicyclic amines) is 1. The van der Waals surface area contributed by atoms with Gasteiger partial charge in [0.1, 0.15) is 11.4 Å². The number of carbonyl (C=O) groups is 2. The van der Waals surface area contributed by atoms with Crippen molar-refractivity contribution in [2.24, 2.45) is 0 Å². The molecule has 2 fully saturated rings. The first kappa shape index (κ1) is 27.8. The Morgan fingerprint density at radius 1 is 0.950 bits per heavy atom.